The number of benzene rings is 2. The molecule has 0 saturated heterocycles. The summed E-state index contributed by atoms with van der Waals surface area (Å²) >= 11 is 0. The van der Waals surface area contributed by atoms with Crippen LogP contribution in [-0.2, 0) is 4.79 Å². The number of alkyl halides is 2. The Kier molecular flexibility index (Phi) is 5.95. The number of carbonyl (C=O) groups is 1. The van der Waals surface area contributed by atoms with Crippen LogP contribution in [0.5, 0.6) is 11.5 Å². The number of methoxy groups -OCH3 is 1. The van der Waals surface area contributed by atoms with E-state index >= 15 is 0 Å². The van der Waals surface area contributed by atoms with E-state index in [0.717, 1.165) is 11.3 Å². The van der Waals surface area contributed by atoms with Gasteiger partial charge >= 0.3 is 6.61 Å². The molecule has 9 heteroatoms. The average molecular weight is 386 g/mol. The number of rotatable bonds is 7. The van der Waals surface area contributed by atoms with Gasteiger partial charge in [-0.2, -0.15) is 13.8 Å². The van der Waals surface area contributed by atoms with E-state index in [0.29, 0.717) is 11.4 Å². The van der Waals surface area contributed by atoms with Crippen LogP contribution in [0.1, 0.15) is 5.56 Å². The highest BCUT2D eigenvalue weighted by Crippen LogP contribution is 2.20. The summed E-state index contributed by atoms with van der Waals surface area (Å²) in [7, 11) is 1.58. The fourth-order valence-electron chi connectivity index (χ4n) is 2.28. The third-order valence-electron chi connectivity index (χ3n) is 3.62. The van der Waals surface area contributed by atoms with Crippen molar-refractivity contribution in [2.45, 2.75) is 6.61 Å². The fourth-order valence-corrected chi connectivity index (χ4v) is 2.28. The van der Waals surface area contributed by atoms with Crippen LogP contribution in [0.25, 0.3) is 17.5 Å². The number of halogens is 2. The van der Waals surface area contributed by atoms with Gasteiger partial charge in [0.25, 0.3) is 5.91 Å². The second kappa shape index (κ2) is 8.76. The number of aromatic nitrogens is 3. The summed E-state index contributed by atoms with van der Waals surface area (Å²) in [5.74, 6) is 0.949. The largest absolute Gasteiger partial charge is 0.497 e. The molecule has 3 aromatic rings. The van der Waals surface area contributed by atoms with Gasteiger partial charge in [0.05, 0.1) is 7.11 Å². The number of hydrogen-bond donors (Lipinski definition) is 2. The standard InChI is InChI=1S/C19H16F2N4O3/c1-27-14-9-5-13(6-10-14)17-23-19(25-24-17)22-16(26)11-4-12-2-7-15(8-3-12)28-18(20)21/h2-11,18H,1H3,(H2,22,23,24,25,26)/b11-4+. The number of nitrogens with one attached hydrogen (secondary N) is 2. The lowest BCUT2D eigenvalue weighted by molar-refractivity contribution is -0.111. The molecule has 2 aromatic carbocycles. The molecule has 0 aliphatic rings. The van der Waals surface area contributed by atoms with Crippen LogP contribution in [0, 0.1) is 0 Å². The predicted molar refractivity (Wildman–Crippen MR) is 99.1 cm³/mol. The van der Waals surface area contributed by atoms with Crippen molar-refractivity contribution < 1.29 is 23.0 Å². The first-order valence-electron chi connectivity index (χ1n) is 8.14. The van der Waals surface area contributed by atoms with Crippen LogP contribution in [0.15, 0.2) is 54.6 Å². The van der Waals surface area contributed by atoms with Gasteiger partial charge in [0.2, 0.25) is 5.95 Å². The number of nitrogens with zero attached hydrogens (tertiary/aromatic N) is 2. The average Bonchev–Trinajstić information content (AvgIpc) is 3.15. The van der Waals surface area contributed by atoms with Gasteiger partial charge < -0.3 is 9.47 Å². The van der Waals surface area contributed by atoms with Crippen molar-refractivity contribution in [1.82, 2.24) is 15.2 Å². The Labute approximate surface area is 159 Å². The highest BCUT2D eigenvalue weighted by molar-refractivity contribution is 6.00. The second-order valence-corrected chi connectivity index (χ2v) is 5.51. The summed E-state index contributed by atoms with van der Waals surface area (Å²) in [5.41, 5.74) is 1.43. The second-order valence-electron chi connectivity index (χ2n) is 5.51. The van der Waals surface area contributed by atoms with Crippen molar-refractivity contribution >= 4 is 17.9 Å². The zero-order valence-corrected chi connectivity index (χ0v) is 14.7. The first kappa shape index (κ1) is 19.0. The molecule has 1 amide bonds. The molecule has 144 valence electrons. The minimum absolute atomic E-state index is 0.0448. The van der Waals surface area contributed by atoms with E-state index in [2.05, 4.69) is 25.2 Å². The van der Waals surface area contributed by atoms with Crippen LogP contribution in [0.3, 0.4) is 0 Å². The van der Waals surface area contributed by atoms with E-state index in [1.54, 1.807) is 31.4 Å². The summed E-state index contributed by atoms with van der Waals surface area (Å²) in [4.78, 5) is 16.2. The lowest BCUT2D eigenvalue weighted by atomic mass is 10.2. The van der Waals surface area contributed by atoms with Gasteiger partial charge in [0.1, 0.15) is 11.5 Å². The topological polar surface area (TPSA) is 89.1 Å². The SMILES string of the molecule is COc1ccc(-c2nc(NC(=O)/C=C/c3ccc(OC(F)F)cc3)n[nH]2)cc1. The van der Waals surface area contributed by atoms with Crippen molar-refractivity contribution in [2.75, 3.05) is 12.4 Å². The zero-order chi connectivity index (χ0) is 19.9. The molecule has 1 aromatic heterocycles. The Bertz CT molecular complexity index is 954. The molecule has 0 fully saturated rings. The number of amides is 1. The molecule has 28 heavy (non-hydrogen) atoms. The first-order chi connectivity index (χ1) is 13.5. The van der Waals surface area contributed by atoms with E-state index in [1.807, 2.05) is 12.1 Å². The highest BCUT2D eigenvalue weighted by Gasteiger charge is 2.08. The summed E-state index contributed by atoms with van der Waals surface area (Å²) in [6.07, 6.45) is 2.81. The number of carbonyl (C=O) groups excluding carboxylic acids is 1. The summed E-state index contributed by atoms with van der Waals surface area (Å²) in [5, 5.41) is 9.23. The molecule has 0 aliphatic carbocycles. The maximum atomic E-state index is 12.1. The monoisotopic (exact) mass is 386 g/mol. The summed E-state index contributed by atoms with van der Waals surface area (Å²) in [6, 6.07) is 13.1. The van der Waals surface area contributed by atoms with Crippen LogP contribution < -0.4 is 14.8 Å². The predicted octanol–water partition coefficient (Wildman–Crippen LogP) is 3.73. The number of hydrogen-bond acceptors (Lipinski definition) is 5. The van der Waals surface area contributed by atoms with E-state index < -0.39 is 12.5 Å². The zero-order valence-electron chi connectivity index (χ0n) is 14.7. The minimum Gasteiger partial charge on any atom is -0.497 e. The van der Waals surface area contributed by atoms with E-state index in [1.165, 1.54) is 24.3 Å². The number of aromatic amines is 1. The Hall–Kier alpha value is -3.75. The van der Waals surface area contributed by atoms with Gasteiger partial charge in [-0.1, -0.05) is 12.1 Å². The van der Waals surface area contributed by atoms with Crippen molar-refractivity contribution in [3.8, 4) is 22.9 Å². The number of anilines is 1. The van der Waals surface area contributed by atoms with Crippen molar-refractivity contribution in [3.05, 3.63) is 60.2 Å². The van der Waals surface area contributed by atoms with Crippen molar-refractivity contribution in [2.24, 2.45) is 0 Å². The van der Waals surface area contributed by atoms with E-state index in [-0.39, 0.29) is 11.7 Å². The third-order valence-corrected chi connectivity index (χ3v) is 3.62. The maximum absolute atomic E-state index is 12.1. The molecular weight excluding hydrogens is 370 g/mol. The molecule has 7 nitrogen and oxygen atoms in total. The molecule has 0 aliphatic heterocycles. The lowest BCUT2D eigenvalue weighted by Crippen LogP contribution is -2.09. The molecule has 0 atom stereocenters. The van der Waals surface area contributed by atoms with Crippen LogP contribution in [-0.4, -0.2) is 34.8 Å². The van der Waals surface area contributed by atoms with Crippen LogP contribution in [0.2, 0.25) is 0 Å². The quantitative estimate of drug-likeness (QED) is 0.604. The molecule has 3 rings (SSSR count). The Morgan fingerprint density at radius 2 is 1.79 bits per heavy atom. The fraction of sp³-hybridized carbons (Fsp3) is 0.105. The minimum atomic E-state index is -2.88. The smallest absolute Gasteiger partial charge is 0.387 e. The highest BCUT2D eigenvalue weighted by atomic mass is 19.3. The summed E-state index contributed by atoms with van der Waals surface area (Å²) in [6.45, 7) is -2.88. The Morgan fingerprint density at radius 3 is 2.43 bits per heavy atom. The molecule has 0 saturated carbocycles. The molecular formula is C19H16F2N4O3. The van der Waals surface area contributed by atoms with Crippen LogP contribution >= 0.6 is 0 Å². The van der Waals surface area contributed by atoms with Gasteiger partial charge in [0.15, 0.2) is 5.82 Å². The Balaban J connectivity index is 1.58. The Morgan fingerprint density at radius 1 is 1.11 bits per heavy atom. The molecule has 0 unspecified atom stereocenters. The molecule has 0 radical (unpaired) electrons. The van der Waals surface area contributed by atoms with E-state index in [4.69, 9.17) is 4.74 Å². The molecule has 0 bridgehead atoms. The number of H-pyrrole nitrogens is 1. The lowest BCUT2D eigenvalue weighted by Gasteiger charge is -2.03. The van der Waals surface area contributed by atoms with Crippen molar-refractivity contribution in [3.63, 3.8) is 0 Å². The van der Waals surface area contributed by atoms with Gasteiger partial charge in [-0.05, 0) is 48.0 Å². The van der Waals surface area contributed by atoms with Gasteiger partial charge in [-0.25, -0.2) is 0 Å². The van der Waals surface area contributed by atoms with Gasteiger partial charge in [0, 0.05) is 11.6 Å². The van der Waals surface area contributed by atoms with Gasteiger partial charge in [-0.15, -0.1) is 5.10 Å². The normalized spacial score (nSPS) is 11.0. The van der Waals surface area contributed by atoms with Gasteiger partial charge in [-0.3, -0.25) is 15.2 Å². The van der Waals surface area contributed by atoms with Crippen LogP contribution in [0.4, 0.5) is 14.7 Å². The van der Waals surface area contributed by atoms with E-state index in [9.17, 15) is 13.6 Å². The molecule has 1 heterocycles. The summed E-state index contributed by atoms with van der Waals surface area (Å²) < 4.78 is 33.6. The maximum Gasteiger partial charge on any atom is 0.387 e. The molecule has 0 spiro atoms. The van der Waals surface area contributed by atoms with Crippen molar-refractivity contribution in [1.29, 1.82) is 0 Å². The third kappa shape index (κ3) is 5.13. The first-order valence-corrected chi connectivity index (χ1v) is 8.14. The number of ether oxygens (including phenoxy) is 2. The molecule has 2 N–H and O–H groups in total.